The van der Waals surface area contributed by atoms with Crippen LogP contribution in [0.25, 0.3) is 5.53 Å². The van der Waals surface area contributed by atoms with Crippen LogP contribution in [-0.4, -0.2) is 22.1 Å². The van der Waals surface area contributed by atoms with Crippen molar-refractivity contribution in [2.24, 2.45) is 11.8 Å². The molecule has 0 bridgehead atoms. The van der Waals surface area contributed by atoms with Crippen molar-refractivity contribution in [3.05, 3.63) is 5.53 Å². The molecule has 4 nitrogen and oxygen atoms in total. The Kier molecular flexibility index (Phi) is 5.03. The molecule has 2 saturated carbocycles. The predicted octanol–water partition coefficient (Wildman–Crippen LogP) is 2.96. The van der Waals surface area contributed by atoms with Crippen molar-refractivity contribution in [2.75, 3.05) is 0 Å². The molecule has 19 heavy (non-hydrogen) atoms. The smallest absolute Gasteiger partial charge is 0.360 e. The van der Waals surface area contributed by atoms with Crippen LogP contribution in [0.5, 0.6) is 0 Å². The lowest BCUT2D eigenvalue weighted by Gasteiger charge is -2.20. The molecule has 2 aliphatic rings. The number of carbonyl (C=O) groups excluding carboxylic acids is 2. The van der Waals surface area contributed by atoms with E-state index in [-0.39, 0.29) is 29.1 Å². The molecule has 2 aliphatic carbocycles. The lowest BCUT2D eigenvalue weighted by Crippen LogP contribution is -2.36. The van der Waals surface area contributed by atoms with Crippen LogP contribution in [0, 0.1) is 11.8 Å². The summed E-state index contributed by atoms with van der Waals surface area (Å²) in [5, 5.41) is 0. The fraction of sp³-hybridized carbons (Fsp3) is 0.800. The molecular weight excluding hydrogens is 240 g/mol. The number of rotatable bonds is 4. The molecule has 0 N–H and O–H groups in total. The van der Waals surface area contributed by atoms with Gasteiger partial charge in [0.1, 0.15) is 0 Å². The van der Waals surface area contributed by atoms with Crippen LogP contribution in [0.4, 0.5) is 0 Å². The minimum Gasteiger partial charge on any atom is -0.360 e. The van der Waals surface area contributed by atoms with Gasteiger partial charge in [-0.25, -0.2) is 0 Å². The Labute approximate surface area is 114 Å². The number of nitrogens with zero attached hydrogens (tertiary/aromatic N) is 2. The van der Waals surface area contributed by atoms with E-state index in [1.807, 2.05) is 0 Å². The zero-order valence-corrected chi connectivity index (χ0v) is 11.4. The second-order valence-electron chi connectivity index (χ2n) is 5.85. The fourth-order valence-corrected chi connectivity index (χ4v) is 3.34. The highest BCUT2D eigenvalue weighted by Gasteiger charge is 2.39. The van der Waals surface area contributed by atoms with Gasteiger partial charge in [0.25, 0.3) is 11.6 Å². The molecule has 104 valence electrons. The van der Waals surface area contributed by atoms with Gasteiger partial charge in [-0.05, 0) is 25.7 Å². The topological polar surface area (TPSA) is 70.5 Å². The molecular formula is C15H22N2O2. The first-order valence-electron chi connectivity index (χ1n) is 7.54. The van der Waals surface area contributed by atoms with Gasteiger partial charge >= 0.3 is 5.71 Å². The fourth-order valence-electron chi connectivity index (χ4n) is 3.34. The van der Waals surface area contributed by atoms with E-state index < -0.39 is 0 Å². The van der Waals surface area contributed by atoms with Gasteiger partial charge in [0, 0.05) is 11.8 Å². The number of carbonyl (C=O) groups is 2. The van der Waals surface area contributed by atoms with Crippen molar-refractivity contribution in [3.63, 3.8) is 0 Å². The maximum atomic E-state index is 12.3. The number of hydrogen-bond acceptors (Lipinski definition) is 2. The van der Waals surface area contributed by atoms with Crippen LogP contribution >= 0.6 is 0 Å². The van der Waals surface area contributed by atoms with E-state index in [1.54, 1.807) is 0 Å². The summed E-state index contributed by atoms with van der Waals surface area (Å²) >= 11 is 0. The van der Waals surface area contributed by atoms with Gasteiger partial charge in [0.2, 0.25) is 0 Å². The van der Waals surface area contributed by atoms with E-state index in [4.69, 9.17) is 5.53 Å². The monoisotopic (exact) mass is 262 g/mol. The van der Waals surface area contributed by atoms with Crippen LogP contribution in [0.1, 0.15) is 64.2 Å². The third-order valence-corrected chi connectivity index (χ3v) is 4.52. The number of Topliss-reactive ketones (excluding diaryl/α,β-unsaturated/α-hetero) is 2. The van der Waals surface area contributed by atoms with Crippen molar-refractivity contribution in [1.82, 2.24) is 0 Å². The number of ketones is 2. The Morgan fingerprint density at radius 3 is 1.42 bits per heavy atom. The summed E-state index contributed by atoms with van der Waals surface area (Å²) in [6.07, 6.45) is 9.77. The van der Waals surface area contributed by atoms with Gasteiger partial charge in [0.15, 0.2) is 0 Å². The van der Waals surface area contributed by atoms with E-state index in [0.717, 1.165) is 64.2 Å². The van der Waals surface area contributed by atoms with Crippen molar-refractivity contribution in [3.8, 4) is 0 Å². The van der Waals surface area contributed by atoms with Gasteiger partial charge in [-0.15, -0.1) is 0 Å². The zero-order valence-electron chi connectivity index (χ0n) is 11.4. The van der Waals surface area contributed by atoms with E-state index in [2.05, 4.69) is 4.79 Å². The molecule has 0 saturated heterocycles. The van der Waals surface area contributed by atoms with Gasteiger partial charge in [-0.3, -0.25) is 9.59 Å². The van der Waals surface area contributed by atoms with Crippen LogP contribution in [-0.2, 0) is 9.59 Å². The summed E-state index contributed by atoms with van der Waals surface area (Å²) in [6, 6.07) is 0. The third-order valence-electron chi connectivity index (χ3n) is 4.52. The van der Waals surface area contributed by atoms with E-state index in [9.17, 15) is 9.59 Å². The van der Waals surface area contributed by atoms with Gasteiger partial charge in [-0.1, -0.05) is 38.5 Å². The van der Waals surface area contributed by atoms with Crippen LogP contribution in [0.2, 0.25) is 0 Å². The maximum absolute atomic E-state index is 12.3. The highest BCUT2D eigenvalue weighted by Crippen LogP contribution is 2.27. The second kappa shape index (κ2) is 6.76. The molecule has 4 heteroatoms. The minimum absolute atomic E-state index is 0.104. The normalized spacial score (nSPS) is 21.7. The lowest BCUT2D eigenvalue weighted by atomic mass is 9.79. The molecule has 2 fully saturated rings. The van der Waals surface area contributed by atoms with Crippen molar-refractivity contribution in [1.29, 1.82) is 0 Å². The highest BCUT2D eigenvalue weighted by molar-refractivity contribution is 6.64. The van der Waals surface area contributed by atoms with Crippen molar-refractivity contribution >= 4 is 17.3 Å². The summed E-state index contributed by atoms with van der Waals surface area (Å²) in [6.45, 7) is 0. The molecule has 0 unspecified atom stereocenters. The first kappa shape index (κ1) is 14.1. The Bertz CT molecular complexity index is 366. The average molecular weight is 262 g/mol. The summed E-state index contributed by atoms with van der Waals surface area (Å²) in [7, 11) is 0. The van der Waals surface area contributed by atoms with Crippen LogP contribution in [0.15, 0.2) is 0 Å². The molecule has 0 heterocycles. The predicted molar refractivity (Wildman–Crippen MR) is 71.8 cm³/mol. The van der Waals surface area contributed by atoms with Crippen molar-refractivity contribution in [2.45, 2.75) is 64.2 Å². The lowest BCUT2D eigenvalue weighted by molar-refractivity contribution is -0.129. The molecule has 0 aromatic carbocycles. The summed E-state index contributed by atoms with van der Waals surface area (Å²) in [5.74, 6) is -0.657. The molecule has 0 aliphatic heterocycles. The molecule has 2 rings (SSSR count). The Morgan fingerprint density at radius 2 is 1.11 bits per heavy atom. The first-order valence-corrected chi connectivity index (χ1v) is 7.54. The highest BCUT2D eigenvalue weighted by atomic mass is 16.2. The zero-order chi connectivity index (χ0) is 13.7. The summed E-state index contributed by atoms with van der Waals surface area (Å²) in [4.78, 5) is 27.7. The van der Waals surface area contributed by atoms with Crippen molar-refractivity contribution < 1.29 is 14.4 Å². The standard InChI is InChI=1S/C15H22N2O2/c16-17-13(14(18)11-7-3-1-4-8-11)15(19)12-9-5-2-6-10-12/h11-12H,1-10H2. The van der Waals surface area contributed by atoms with Crippen LogP contribution < -0.4 is 0 Å². The Hall–Kier alpha value is -1.28. The second-order valence-corrected chi connectivity index (χ2v) is 5.85. The molecule has 0 aromatic heterocycles. The minimum atomic E-state index is -0.224. The third kappa shape index (κ3) is 3.38. The maximum Gasteiger partial charge on any atom is 0.400 e. The molecule has 0 radical (unpaired) electrons. The molecule has 0 aromatic rings. The van der Waals surface area contributed by atoms with E-state index >= 15 is 0 Å². The molecule has 0 atom stereocenters. The largest absolute Gasteiger partial charge is 0.400 e. The van der Waals surface area contributed by atoms with Gasteiger partial charge in [-0.2, -0.15) is 4.79 Å². The molecule has 0 spiro atoms. The van der Waals surface area contributed by atoms with Crippen LogP contribution in [0.3, 0.4) is 0 Å². The van der Waals surface area contributed by atoms with Gasteiger partial charge < -0.3 is 5.53 Å². The van der Waals surface area contributed by atoms with E-state index in [1.165, 1.54) is 0 Å². The van der Waals surface area contributed by atoms with Gasteiger partial charge in [0.05, 0.1) is 0 Å². The molecule has 0 amide bonds. The Balaban J connectivity index is 2.04. The van der Waals surface area contributed by atoms with E-state index in [0.29, 0.717) is 0 Å². The number of hydrogen-bond donors (Lipinski definition) is 0. The summed E-state index contributed by atoms with van der Waals surface area (Å²) < 4.78 is 0. The quantitative estimate of drug-likeness (QED) is 0.338. The first-order chi connectivity index (χ1) is 9.24. The SMILES string of the molecule is [N-]=[N+]=C(C(=O)C1CCCCC1)C(=O)C1CCCCC1. The average Bonchev–Trinajstić information content (AvgIpc) is 2.49. The summed E-state index contributed by atoms with van der Waals surface area (Å²) in [5.41, 5.74) is 8.89. The Morgan fingerprint density at radius 1 is 0.737 bits per heavy atom.